The molecule has 0 aliphatic heterocycles. The number of aryl methyl sites for hydroxylation is 1. The van der Waals surface area contributed by atoms with Crippen LogP contribution in [0.25, 0.3) is 11.0 Å². The van der Waals surface area contributed by atoms with Gasteiger partial charge in [-0.1, -0.05) is 6.07 Å². The van der Waals surface area contributed by atoms with Crippen LogP contribution in [0.15, 0.2) is 41.6 Å². The van der Waals surface area contributed by atoms with Crippen LogP contribution in [0.1, 0.15) is 25.5 Å². The fraction of sp³-hybridized carbons (Fsp3) is 0.250. The number of phenols is 1. The Kier molecular flexibility index (Phi) is 3.92. The Bertz CT molecular complexity index is 1010. The molecule has 8 heteroatoms. The van der Waals surface area contributed by atoms with Gasteiger partial charge in [-0.3, -0.25) is 4.72 Å². The van der Waals surface area contributed by atoms with E-state index in [2.05, 4.69) is 14.8 Å². The minimum absolute atomic E-state index is 0.154. The molecule has 0 radical (unpaired) electrons. The molecule has 0 saturated heterocycles. The molecule has 0 aliphatic carbocycles. The van der Waals surface area contributed by atoms with Crippen molar-refractivity contribution in [3.8, 4) is 5.75 Å². The van der Waals surface area contributed by atoms with Crippen molar-refractivity contribution in [1.29, 1.82) is 0 Å². The van der Waals surface area contributed by atoms with Gasteiger partial charge in [0.25, 0.3) is 10.0 Å². The summed E-state index contributed by atoms with van der Waals surface area (Å²) in [6, 6.07) is 6.24. The first-order valence-electron chi connectivity index (χ1n) is 7.43. The largest absolute Gasteiger partial charge is 0.507 e. The summed E-state index contributed by atoms with van der Waals surface area (Å²) in [5.41, 5.74) is 1.73. The summed E-state index contributed by atoms with van der Waals surface area (Å²) in [4.78, 5) is 4.12. The van der Waals surface area contributed by atoms with Crippen LogP contribution < -0.4 is 4.72 Å². The van der Waals surface area contributed by atoms with Gasteiger partial charge < -0.3 is 5.11 Å². The summed E-state index contributed by atoms with van der Waals surface area (Å²) in [5, 5.41) is 14.8. The highest BCUT2D eigenvalue weighted by molar-refractivity contribution is 7.92. The molecule has 2 aromatic heterocycles. The van der Waals surface area contributed by atoms with Crippen LogP contribution in [0.3, 0.4) is 0 Å². The van der Waals surface area contributed by atoms with E-state index < -0.39 is 10.0 Å². The number of fused-ring (bicyclic) bond motifs is 1. The third-order valence-electron chi connectivity index (χ3n) is 3.58. The SMILES string of the molecule is Cc1ccc(O)c(S(=O)(=O)Nc2cnc3c(cnn3C(C)C)c2)c1. The van der Waals surface area contributed by atoms with Crippen molar-refractivity contribution in [3.05, 3.63) is 42.2 Å². The molecule has 126 valence electrons. The summed E-state index contributed by atoms with van der Waals surface area (Å²) >= 11 is 0. The number of hydrogen-bond donors (Lipinski definition) is 2. The number of aromatic nitrogens is 3. The van der Waals surface area contributed by atoms with Crippen LogP contribution in [-0.4, -0.2) is 28.3 Å². The van der Waals surface area contributed by atoms with Gasteiger partial charge in [0.1, 0.15) is 10.6 Å². The van der Waals surface area contributed by atoms with E-state index in [1.54, 1.807) is 29.9 Å². The number of rotatable bonds is 4. The fourth-order valence-corrected chi connectivity index (χ4v) is 3.64. The number of pyridine rings is 1. The van der Waals surface area contributed by atoms with Gasteiger partial charge in [-0.25, -0.2) is 18.1 Å². The van der Waals surface area contributed by atoms with Crippen LogP contribution in [-0.2, 0) is 10.0 Å². The molecule has 0 spiro atoms. The average Bonchev–Trinajstić information content (AvgIpc) is 2.92. The Morgan fingerprint density at radius 3 is 2.67 bits per heavy atom. The number of phenolic OH excluding ortho intramolecular Hbond substituents is 1. The molecule has 3 aromatic rings. The lowest BCUT2D eigenvalue weighted by molar-refractivity contribution is 0.459. The maximum atomic E-state index is 12.5. The molecule has 24 heavy (non-hydrogen) atoms. The monoisotopic (exact) mass is 346 g/mol. The lowest BCUT2D eigenvalue weighted by atomic mass is 10.2. The van der Waals surface area contributed by atoms with Crippen molar-refractivity contribution >= 4 is 26.7 Å². The van der Waals surface area contributed by atoms with Gasteiger partial charge in [0, 0.05) is 11.4 Å². The lowest BCUT2D eigenvalue weighted by Crippen LogP contribution is -2.13. The van der Waals surface area contributed by atoms with Crippen molar-refractivity contribution in [2.24, 2.45) is 0 Å². The van der Waals surface area contributed by atoms with E-state index in [1.807, 2.05) is 13.8 Å². The second-order valence-electron chi connectivity index (χ2n) is 5.90. The van der Waals surface area contributed by atoms with Crippen LogP contribution in [0.4, 0.5) is 5.69 Å². The van der Waals surface area contributed by atoms with E-state index in [4.69, 9.17) is 0 Å². The summed E-state index contributed by atoms with van der Waals surface area (Å²) < 4.78 is 29.2. The number of aromatic hydroxyl groups is 1. The maximum absolute atomic E-state index is 12.5. The first kappa shape index (κ1) is 16.3. The molecule has 0 aliphatic rings. The van der Waals surface area contributed by atoms with E-state index >= 15 is 0 Å². The first-order valence-corrected chi connectivity index (χ1v) is 8.92. The molecule has 7 nitrogen and oxygen atoms in total. The maximum Gasteiger partial charge on any atom is 0.265 e. The van der Waals surface area contributed by atoms with Gasteiger partial charge >= 0.3 is 0 Å². The molecule has 0 unspecified atom stereocenters. The standard InChI is InChI=1S/C16H18N4O3S/c1-10(2)20-16-12(8-18-20)7-13(9-17-16)19-24(22,23)15-6-11(3)4-5-14(15)21/h4-10,19,21H,1-3H3. The molecule has 1 aromatic carbocycles. The molecular weight excluding hydrogens is 328 g/mol. The van der Waals surface area contributed by atoms with Crippen molar-refractivity contribution in [3.63, 3.8) is 0 Å². The van der Waals surface area contributed by atoms with Crippen molar-refractivity contribution in [2.75, 3.05) is 4.72 Å². The van der Waals surface area contributed by atoms with E-state index in [9.17, 15) is 13.5 Å². The zero-order valence-corrected chi connectivity index (χ0v) is 14.4. The third-order valence-corrected chi connectivity index (χ3v) is 4.99. The van der Waals surface area contributed by atoms with Crippen LogP contribution in [0, 0.1) is 6.92 Å². The summed E-state index contributed by atoms with van der Waals surface area (Å²) in [5.74, 6) is -0.297. The van der Waals surface area contributed by atoms with Gasteiger partial charge in [0.15, 0.2) is 5.65 Å². The number of nitrogens with one attached hydrogen (secondary N) is 1. The topological polar surface area (TPSA) is 97.1 Å². The lowest BCUT2D eigenvalue weighted by Gasteiger charge is -2.10. The van der Waals surface area contributed by atoms with E-state index in [1.165, 1.54) is 18.3 Å². The second-order valence-corrected chi connectivity index (χ2v) is 7.55. The Morgan fingerprint density at radius 1 is 1.21 bits per heavy atom. The Morgan fingerprint density at radius 2 is 1.96 bits per heavy atom. The summed E-state index contributed by atoms with van der Waals surface area (Å²) in [7, 11) is -3.91. The molecular formula is C16H18N4O3S. The molecule has 3 rings (SSSR count). The van der Waals surface area contributed by atoms with Crippen molar-refractivity contribution < 1.29 is 13.5 Å². The van der Waals surface area contributed by atoms with Gasteiger partial charge in [-0.2, -0.15) is 5.10 Å². The molecule has 0 fully saturated rings. The highest BCUT2D eigenvalue weighted by Gasteiger charge is 2.19. The highest BCUT2D eigenvalue weighted by Crippen LogP contribution is 2.26. The molecule has 0 bridgehead atoms. The normalized spacial score (nSPS) is 12.0. The minimum atomic E-state index is -3.91. The molecule has 0 saturated carbocycles. The van der Waals surface area contributed by atoms with Crippen molar-refractivity contribution in [1.82, 2.24) is 14.8 Å². The number of benzene rings is 1. The number of nitrogens with zero attached hydrogens (tertiary/aromatic N) is 3. The quantitative estimate of drug-likeness (QED) is 0.757. The number of hydrogen-bond acceptors (Lipinski definition) is 5. The highest BCUT2D eigenvalue weighted by atomic mass is 32.2. The van der Waals surface area contributed by atoms with Crippen LogP contribution >= 0.6 is 0 Å². The van der Waals surface area contributed by atoms with Crippen molar-refractivity contribution in [2.45, 2.75) is 31.7 Å². The Balaban J connectivity index is 1.98. The number of anilines is 1. The number of sulfonamides is 1. The van der Waals surface area contributed by atoms with Crippen LogP contribution in [0.5, 0.6) is 5.75 Å². The average molecular weight is 346 g/mol. The zero-order chi connectivity index (χ0) is 17.5. The summed E-state index contributed by atoms with van der Waals surface area (Å²) in [6.45, 7) is 5.74. The molecule has 0 amide bonds. The van der Waals surface area contributed by atoms with Gasteiger partial charge in [-0.15, -0.1) is 0 Å². The van der Waals surface area contributed by atoms with E-state index in [-0.39, 0.29) is 16.7 Å². The van der Waals surface area contributed by atoms with E-state index in [0.717, 1.165) is 10.9 Å². The Labute approximate surface area is 140 Å². The van der Waals surface area contributed by atoms with Crippen LogP contribution in [0.2, 0.25) is 0 Å². The van der Waals surface area contributed by atoms with E-state index in [0.29, 0.717) is 11.3 Å². The minimum Gasteiger partial charge on any atom is -0.507 e. The van der Waals surface area contributed by atoms with Gasteiger partial charge in [0.2, 0.25) is 0 Å². The third kappa shape index (κ3) is 2.92. The fourth-order valence-electron chi connectivity index (χ4n) is 2.42. The molecule has 0 atom stereocenters. The van der Waals surface area contributed by atoms with Gasteiger partial charge in [0.05, 0.1) is 18.1 Å². The second kappa shape index (κ2) is 5.79. The Hall–Kier alpha value is -2.61. The van der Waals surface area contributed by atoms with Gasteiger partial charge in [-0.05, 0) is 44.5 Å². The first-order chi connectivity index (χ1) is 11.3. The molecule has 2 N–H and O–H groups in total. The smallest absolute Gasteiger partial charge is 0.265 e. The molecule has 2 heterocycles. The predicted molar refractivity (Wildman–Crippen MR) is 91.6 cm³/mol. The predicted octanol–water partition coefficient (Wildman–Crippen LogP) is 2.83. The zero-order valence-electron chi connectivity index (χ0n) is 13.6. The summed E-state index contributed by atoms with van der Waals surface area (Å²) in [6.07, 6.45) is 3.08.